The molecule has 1 aliphatic rings. The van der Waals surface area contributed by atoms with Crippen molar-refractivity contribution in [2.45, 2.75) is 20.4 Å². The zero-order chi connectivity index (χ0) is 17.9. The van der Waals surface area contributed by atoms with E-state index < -0.39 is 0 Å². The maximum absolute atomic E-state index is 4.63. The molecule has 2 heterocycles. The van der Waals surface area contributed by atoms with E-state index in [4.69, 9.17) is 0 Å². The number of anilines is 1. The Hall–Kier alpha value is -2.99. The summed E-state index contributed by atoms with van der Waals surface area (Å²) in [5.41, 5.74) is 4.50. The summed E-state index contributed by atoms with van der Waals surface area (Å²) in [4.78, 5) is 14.0. The fourth-order valence-electron chi connectivity index (χ4n) is 3.21. The molecule has 132 valence electrons. The minimum Gasteiger partial charge on any atom is -0.273 e. The largest absolute Gasteiger partial charge is 0.359 e. The van der Waals surface area contributed by atoms with Crippen LogP contribution in [0.1, 0.15) is 16.8 Å². The molecule has 0 fully saturated rings. The van der Waals surface area contributed by atoms with Crippen LogP contribution in [0.2, 0.25) is 0 Å². The van der Waals surface area contributed by atoms with E-state index in [1.807, 2.05) is 19.1 Å². The number of hydrogen-bond acceptors (Lipinski definition) is 4. The highest BCUT2D eigenvalue weighted by molar-refractivity contribution is 5.89. The monoisotopic (exact) mass is 348 g/mol. The molecule has 1 aromatic heterocycles. The molecule has 0 saturated carbocycles. The first-order chi connectivity index (χ1) is 12.7. The molecular formula is C20H24N6+2. The van der Waals surface area contributed by atoms with Crippen molar-refractivity contribution in [1.29, 1.82) is 0 Å². The fraction of sp³-hybridized carbons (Fsp3) is 0.250. The normalized spacial score (nSPS) is 16.8. The van der Waals surface area contributed by atoms with E-state index in [1.165, 1.54) is 16.0 Å². The number of fused-ring (bicyclic) bond motifs is 1. The van der Waals surface area contributed by atoms with Crippen molar-refractivity contribution >= 4 is 22.8 Å². The lowest BCUT2D eigenvalue weighted by Gasteiger charge is -2.20. The highest BCUT2D eigenvalue weighted by Gasteiger charge is 2.21. The number of benzene rings is 2. The van der Waals surface area contributed by atoms with Gasteiger partial charge in [-0.05, 0) is 26.0 Å². The number of aromatic nitrogens is 2. The van der Waals surface area contributed by atoms with Crippen LogP contribution in [0.5, 0.6) is 0 Å². The lowest BCUT2D eigenvalue weighted by molar-refractivity contribution is -0.991. The van der Waals surface area contributed by atoms with Gasteiger partial charge in [0, 0.05) is 10.9 Å². The van der Waals surface area contributed by atoms with Crippen molar-refractivity contribution < 1.29 is 9.89 Å². The van der Waals surface area contributed by atoms with Crippen molar-refractivity contribution in [3.63, 3.8) is 0 Å². The van der Waals surface area contributed by atoms with Crippen molar-refractivity contribution in [3.05, 3.63) is 65.4 Å². The molecule has 0 amide bonds. The van der Waals surface area contributed by atoms with Gasteiger partial charge in [0.15, 0.2) is 13.3 Å². The Bertz CT molecular complexity index is 951. The second-order valence-corrected chi connectivity index (χ2v) is 6.77. The molecule has 0 spiro atoms. The number of aryl methyl sites for hydroxylation is 2. The zero-order valence-corrected chi connectivity index (χ0v) is 15.1. The Kier molecular flexibility index (Phi) is 4.50. The average Bonchev–Trinajstić information content (AvgIpc) is 2.65. The molecule has 0 bridgehead atoms. The molecule has 2 aromatic carbocycles. The van der Waals surface area contributed by atoms with Gasteiger partial charge in [-0.1, -0.05) is 42.0 Å². The standard InChI is InChI=1S/C20H22N6/c1-14-8-9-18-17(10-14)15(2)23-20(24-18)25-19-21-12-26(13-22-19)11-16-6-4-3-5-7-16/h3-10H,11-13H2,1-2H3,(H2,21,22,23,24,25)/p+2. The summed E-state index contributed by atoms with van der Waals surface area (Å²) in [6.45, 7) is 6.78. The maximum Gasteiger partial charge on any atom is 0.359 e. The fourth-order valence-corrected chi connectivity index (χ4v) is 3.21. The lowest BCUT2D eigenvalue weighted by Crippen LogP contribution is -3.23. The summed E-state index contributed by atoms with van der Waals surface area (Å²) >= 11 is 0. The minimum absolute atomic E-state index is 0.611. The molecule has 1 atom stereocenters. The molecular weight excluding hydrogens is 324 g/mol. The average molecular weight is 348 g/mol. The summed E-state index contributed by atoms with van der Waals surface area (Å²) < 4.78 is 0. The molecule has 0 radical (unpaired) electrons. The molecule has 6 heteroatoms. The van der Waals surface area contributed by atoms with E-state index >= 15 is 0 Å². The molecule has 1 unspecified atom stereocenters. The van der Waals surface area contributed by atoms with Crippen LogP contribution in [0, 0.1) is 13.8 Å². The van der Waals surface area contributed by atoms with Crippen molar-refractivity contribution in [2.24, 2.45) is 0 Å². The first kappa shape index (κ1) is 16.5. The predicted octanol–water partition coefficient (Wildman–Crippen LogP) is -0.302. The van der Waals surface area contributed by atoms with Crippen LogP contribution < -0.4 is 20.5 Å². The molecule has 0 saturated heterocycles. The SMILES string of the molecule is Cc1ccc2nc(NC3=[NH+]C[NH+](Cc4ccccc4)CN3)nc(C)c2c1. The van der Waals surface area contributed by atoms with Crippen molar-refractivity contribution in [1.82, 2.24) is 15.3 Å². The van der Waals surface area contributed by atoms with Gasteiger partial charge < -0.3 is 0 Å². The third-order valence-electron chi connectivity index (χ3n) is 4.61. The summed E-state index contributed by atoms with van der Waals surface area (Å²) in [6.07, 6.45) is 0. The minimum atomic E-state index is 0.611. The second kappa shape index (κ2) is 7.09. The van der Waals surface area contributed by atoms with E-state index in [-0.39, 0.29) is 0 Å². The molecule has 3 aromatic rings. The van der Waals surface area contributed by atoms with Gasteiger partial charge in [0.2, 0.25) is 0 Å². The summed E-state index contributed by atoms with van der Waals surface area (Å²) in [5, 5.41) is 7.76. The van der Waals surface area contributed by atoms with E-state index in [1.54, 1.807) is 0 Å². The molecule has 6 nitrogen and oxygen atoms in total. The van der Waals surface area contributed by atoms with E-state index in [0.29, 0.717) is 5.95 Å². The Labute approximate surface area is 153 Å². The maximum atomic E-state index is 4.63. The first-order valence-corrected chi connectivity index (χ1v) is 8.91. The molecule has 4 N–H and O–H groups in total. The van der Waals surface area contributed by atoms with Crippen LogP contribution >= 0.6 is 0 Å². The number of hydrogen-bond donors (Lipinski definition) is 4. The molecule has 0 aliphatic carbocycles. The van der Waals surface area contributed by atoms with E-state index in [0.717, 1.165) is 42.4 Å². The van der Waals surface area contributed by atoms with Gasteiger partial charge in [-0.15, -0.1) is 0 Å². The molecule has 1 aliphatic heterocycles. The number of quaternary nitrogens is 1. The van der Waals surface area contributed by atoms with Crippen molar-refractivity contribution in [3.8, 4) is 0 Å². The van der Waals surface area contributed by atoms with Crippen LogP contribution in [-0.4, -0.2) is 29.3 Å². The van der Waals surface area contributed by atoms with Gasteiger partial charge in [-0.25, -0.2) is 20.6 Å². The highest BCUT2D eigenvalue weighted by atomic mass is 15.4. The quantitative estimate of drug-likeness (QED) is 0.525. The van der Waals surface area contributed by atoms with Gasteiger partial charge in [0.1, 0.15) is 6.54 Å². The van der Waals surface area contributed by atoms with Crippen LogP contribution in [0.3, 0.4) is 0 Å². The van der Waals surface area contributed by atoms with Gasteiger partial charge in [0.25, 0.3) is 5.95 Å². The third-order valence-corrected chi connectivity index (χ3v) is 4.61. The summed E-state index contributed by atoms with van der Waals surface area (Å²) in [6, 6.07) is 16.8. The van der Waals surface area contributed by atoms with E-state index in [2.05, 4.69) is 68.9 Å². The topological polar surface area (TPSA) is 68.2 Å². The van der Waals surface area contributed by atoms with Gasteiger partial charge >= 0.3 is 5.96 Å². The van der Waals surface area contributed by atoms with Crippen LogP contribution in [0.25, 0.3) is 10.9 Å². The van der Waals surface area contributed by atoms with Crippen LogP contribution in [-0.2, 0) is 6.54 Å². The molecule has 26 heavy (non-hydrogen) atoms. The number of guanidine groups is 1. The molecule has 4 rings (SSSR count). The Morgan fingerprint density at radius 3 is 2.73 bits per heavy atom. The first-order valence-electron chi connectivity index (χ1n) is 8.91. The van der Waals surface area contributed by atoms with Crippen LogP contribution in [0.15, 0.2) is 48.5 Å². The summed E-state index contributed by atoms with van der Waals surface area (Å²) in [7, 11) is 0. The van der Waals surface area contributed by atoms with Gasteiger partial charge in [-0.3, -0.25) is 4.90 Å². The Morgan fingerprint density at radius 2 is 1.96 bits per heavy atom. The third kappa shape index (κ3) is 3.65. The zero-order valence-electron chi connectivity index (χ0n) is 15.1. The predicted molar refractivity (Wildman–Crippen MR) is 103 cm³/mol. The number of rotatable bonds is 3. The smallest absolute Gasteiger partial charge is 0.273 e. The Balaban J connectivity index is 1.45. The summed E-state index contributed by atoms with van der Waals surface area (Å²) in [5.74, 6) is 1.47. The number of nitrogens with one attached hydrogen (secondary N) is 4. The van der Waals surface area contributed by atoms with Crippen molar-refractivity contribution in [2.75, 3.05) is 18.7 Å². The number of nitrogens with zero attached hydrogens (tertiary/aromatic N) is 2. The van der Waals surface area contributed by atoms with E-state index in [9.17, 15) is 0 Å². The Morgan fingerprint density at radius 1 is 1.12 bits per heavy atom. The lowest BCUT2D eigenvalue weighted by atomic mass is 10.1. The van der Waals surface area contributed by atoms with Crippen LogP contribution in [0.4, 0.5) is 5.95 Å². The second-order valence-electron chi connectivity index (χ2n) is 6.77. The highest BCUT2D eigenvalue weighted by Crippen LogP contribution is 2.18. The van der Waals surface area contributed by atoms with Gasteiger partial charge in [-0.2, -0.15) is 4.98 Å². The van der Waals surface area contributed by atoms with Gasteiger partial charge in [0.05, 0.1) is 11.2 Å².